The molecule has 0 aromatic heterocycles. The van der Waals surface area contributed by atoms with Gasteiger partial charge in [-0.1, -0.05) is 6.08 Å². The molecule has 16 heavy (non-hydrogen) atoms. The molecule has 0 aromatic rings. The highest BCUT2D eigenvalue weighted by Gasteiger charge is 2.17. The van der Waals surface area contributed by atoms with Gasteiger partial charge in [0, 0.05) is 26.2 Å². The summed E-state index contributed by atoms with van der Waals surface area (Å²) in [5.41, 5.74) is 1.05. The Bertz CT molecular complexity index is 291. The Hall–Kier alpha value is -0.910. The molecule has 0 spiro atoms. The van der Waals surface area contributed by atoms with E-state index in [-0.39, 0.29) is 12.0 Å². The lowest BCUT2D eigenvalue weighted by molar-refractivity contribution is -0.123. The molecule has 90 valence electrons. The van der Waals surface area contributed by atoms with Crippen LogP contribution in [0.5, 0.6) is 0 Å². The van der Waals surface area contributed by atoms with Crippen LogP contribution < -0.4 is 10.6 Å². The van der Waals surface area contributed by atoms with Crippen molar-refractivity contribution >= 4 is 5.91 Å². The molecule has 0 radical (unpaired) electrons. The molecule has 0 bridgehead atoms. The minimum Gasteiger partial charge on any atom is -0.389 e. The molecule has 2 aliphatic heterocycles. The number of hydrogen-bond acceptors (Lipinski definition) is 4. The molecule has 1 amide bonds. The Kier molecular flexibility index (Phi) is 3.93. The Morgan fingerprint density at radius 2 is 2.38 bits per heavy atom. The number of piperazine rings is 1. The van der Waals surface area contributed by atoms with Gasteiger partial charge in [0.25, 0.3) is 0 Å². The number of carbonyl (C=O) groups excluding carboxylic acids is 1. The number of nitrogens with zero attached hydrogens (tertiary/aromatic N) is 1. The molecular weight excluding hydrogens is 206 g/mol. The predicted molar refractivity (Wildman–Crippen MR) is 61.0 cm³/mol. The third kappa shape index (κ3) is 3.04. The molecular formula is C11H19N3O2. The normalized spacial score (nSPS) is 30.4. The van der Waals surface area contributed by atoms with Gasteiger partial charge < -0.3 is 15.7 Å². The second-order valence-electron chi connectivity index (χ2n) is 4.35. The zero-order chi connectivity index (χ0) is 11.4. The van der Waals surface area contributed by atoms with Crippen molar-refractivity contribution in [2.75, 3.05) is 39.3 Å². The average Bonchev–Trinajstić information content (AvgIpc) is 2.28. The smallest absolute Gasteiger partial charge is 0.234 e. The molecule has 0 saturated carbocycles. The van der Waals surface area contributed by atoms with Crippen molar-refractivity contribution < 1.29 is 9.90 Å². The molecule has 5 nitrogen and oxygen atoms in total. The number of aliphatic hydroxyl groups excluding tert-OH is 1. The van der Waals surface area contributed by atoms with Gasteiger partial charge in [-0.15, -0.1) is 0 Å². The van der Waals surface area contributed by atoms with Gasteiger partial charge in [0.2, 0.25) is 5.91 Å². The van der Waals surface area contributed by atoms with Crippen molar-refractivity contribution in [3.8, 4) is 0 Å². The number of piperidine rings is 1. The molecule has 5 heteroatoms. The first kappa shape index (κ1) is 11.6. The average molecular weight is 225 g/mol. The number of hydrogen-bond donors (Lipinski definition) is 3. The van der Waals surface area contributed by atoms with E-state index < -0.39 is 0 Å². The van der Waals surface area contributed by atoms with Crippen molar-refractivity contribution in [2.45, 2.75) is 12.5 Å². The minimum absolute atomic E-state index is 0.0898. The summed E-state index contributed by atoms with van der Waals surface area (Å²) in [5, 5.41) is 15.8. The second-order valence-corrected chi connectivity index (χ2v) is 4.35. The zero-order valence-corrected chi connectivity index (χ0v) is 9.41. The van der Waals surface area contributed by atoms with Crippen LogP contribution in [0.2, 0.25) is 0 Å². The lowest BCUT2D eigenvalue weighted by Crippen LogP contribution is -2.47. The van der Waals surface area contributed by atoms with Crippen molar-refractivity contribution in [3.05, 3.63) is 11.6 Å². The van der Waals surface area contributed by atoms with Gasteiger partial charge in [0.15, 0.2) is 0 Å². The molecule has 2 rings (SSSR count). The molecule has 2 saturated heterocycles. The molecule has 1 atom stereocenters. The van der Waals surface area contributed by atoms with Crippen LogP contribution in [0.4, 0.5) is 0 Å². The van der Waals surface area contributed by atoms with Gasteiger partial charge >= 0.3 is 0 Å². The number of carbonyl (C=O) groups is 1. The molecule has 0 aromatic carbocycles. The fourth-order valence-electron chi connectivity index (χ4n) is 2.08. The first-order chi connectivity index (χ1) is 7.75. The van der Waals surface area contributed by atoms with Gasteiger partial charge in [0.1, 0.15) is 0 Å². The predicted octanol–water partition coefficient (Wildman–Crippen LogP) is -1.30. The Balaban J connectivity index is 1.84. The third-order valence-corrected chi connectivity index (χ3v) is 3.08. The minimum atomic E-state index is -0.306. The van der Waals surface area contributed by atoms with Gasteiger partial charge in [-0.2, -0.15) is 0 Å². The van der Waals surface area contributed by atoms with Crippen molar-refractivity contribution in [2.24, 2.45) is 0 Å². The number of nitrogens with one attached hydrogen (secondary N) is 2. The lowest BCUT2D eigenvalue weighted by atomic mass is 10.0. The van der Waals surface area contributed by atoms with Crippen LogP contribution in [0.1, 0.15) is 6.42 Å². The van der Waals surface area contributed by atoms with Crippen molar-refractivity contribution in [1.29, 1.82) is 0 Å². The molecule has 0 aliphatic carbocycles. The van der Waals surface area contributed by atoms with E-state index in [1.165, 1.54) is 0 Å². The molecule has 2 aliphatic rings. The molecule has 1 unspecified atom stereocenters. The van der Waals surface area contributed by atoms with Gasteiger partial charge in [-0.3, -0.25) is 9.69 Å². The largest absolute Gasteiger partial charge is 0.389 e. The van der Waals surface area contributed by atoms with E-state index in [9.17, 15) is 9.90 Å². The van der Waals surface area contributed by atoms with Gasteiger partial charge in [0.05, 0.1) is 12.6 Å². The van der Waals surface area contributed by atoms with Crippen LogP contribution in [0, 0.1) is 0 Å². The summed E-state index contributed by atoms with van der Waals surface area (Å²) in [6, 6.07) is 0. The van der Waals surface area contributed by atoms with Crippen molar-refractivity contribution in [1.82, 2.24) is 15.5 Å². The quantitative estimate of drug-likeness (QED) is 0.511. The van der Waals surface area contributed by atoms with E-state index in [2.05, 4.69) is 21.6 Å². The molecule has 3 N–H and O–H groups in total. The summed E-state index contributed by atoms with van der Waals surface area (Å²) in [5.74, 6) is 0.0898. The number of rotatable bonds is 2. The van der Waals surface area contributed by atoms with Crippen LogP contribution in [-0.2, 0) is 4.79 Å². The first-order valence-electron chi connectivity index (χ1n) is 5.82. The van der Waals surface area contributed by atoms with Crippen LogP contribution in [0.25, 0.3) is 0 Å². The summed E-state index contributed by atoms with van der Waals surface area (Å²) in [7, 11) is 0. The summed E-state index contributed by atoms with van der Waals surface area (Å²) < 4.78 is 0. The highest BCUT2D eigenvalue weighted by atomic mass is 16.3. The second kappa shape index (κ2) is 5.43. The van der Waals surface area contributed by atoms with Crippen LogP contribution in [0.15, 0.2) is 11.6 Å². The Morgan fingerprint density at radius 1 is 1.50 bits per heavy atom. The highest BCUT2D eigenvalue weighted by Crippen LogP contribution is 2.10. The van der Waals surface area contributed by atoms with Gasteiger partial charge in [-0.05, 0) is 18.5 Å². The Morgan fingerprint density at radius 3 is 3.12 bits per heavy atom. The fraction of sp³-hybridized carbons (Fsp3) is 0.727. The number of amides is 1. The van der Waals surface area contributed by atoms with E-state index in [0.29, 0.717) is 6.54 Å². The maximum Gasteiger partial charge on any atom is 0.234 e. The fourth-order valence-corrected chi connectivity index (χ4v) is 2.08. The highest BCUT2D eigenvalue weighted by molar-refractivity contribution is 5.78. The lowest BCUT2D eigenvalue weighted by Gasteiger charge is -2.27. The number of aliphatic hydroxyl groups is 1. The maximum atomic E-state index is 11.2. The SMILES string of the molecule is O=C1CN(CC=C2CNCCC2O)CCN1. The van der Waals surface area contributed by atoms with Gasteiger partial charge in [-0.25, -0.2) is 0 Å². The standard InChI is InChI=1S/C11H19N3O2/c15-10-1-3-12-7-9(10)2-5-14-6-4-13-11(16)8-14/h2,10,12,15H,1,3-8H2,(H,13,16). The summed E-state index contributed by atoms with van der Waals surface area (Å²) in [6.07, 6.45) is 2.53. The van der Waals surface area contributed by atoms with Crippen LogP contribution in [-0.4, -0.2) is 61.3 Å². The Labute approximate surface area is 95.5 Å². The van der Waals surface area contributed by atoms with E-state index in [4.69, 9.17) is 0 Å². The van der Waals surface area contributed by atoms with E-state index in [1.54, 1.807) is 0 Å². The summed E-state index contributed by atoms with van der Waals surface area (Å²) >= 11 is 0. The van der Waals surface area contributed by atoms with Crippen LogP contribution >= 0.6 is 0 Å². The topological polar surface area (TPSA) is 64.6 Å². The third-order valence-electron chi connectivity index (χ3n) is 3.08. The van der Waals surface area contributed by atoms with E-state index in [1.807, 2.05) is 0 Å². The van der Waals surface area contributed by atoms with Crippen LogP contribution in [0.3, 0.4) is 0 Å². The monoisotopic (exact) mass is 225 g/mol. The molecule has 2 heterocycles. The summed E-state index contributed by atoms with van der Waals surface area (Å²) in [4.78, 5) is 13.2. The maximum absolute atomic E-state index is 11.2. The van der Waals surface area contributed by atoms with E-state index in [0.717, 1.165) is 44.7 Å². The first-order valence-corrected chi connectivity index (χ1v) is 5.82. The summed E-state index contributed by atoms with van der Waals surface area (Å²) in [6.45, 7) is 4.47. The molecule has 2 fully saturated rings. The van der Waals surface area contributed by atoms with E-state index >= 15 is 0 Å². The zero-order valence-electron chi connectivity index (χ0n) is 9.41. The van der Waals surface area contributed by atoms with Crippen molar-refractivity contribution in [3.63, 3.8) is 0 Å².